The zero-order valence-electron chi connectivity index (χ0n) is 9.87. The maximum atomic E-state index is 11.3. The molecule has 2 rings (SSSR count). The molecule has 4 nitrogen and oxygen atoms in total. The van der Waals surface area contributed by atoms with Gasteiger partial charge in [0.2, 0.25) is 4.80 Å². The fourth-order valence-electron chi connectivity index (χ4n) is 1.42. The normalized spacial score (nSPS) is 11.5. The molecule has 1 amide bonds. The zero-order valence-corrected chi connectivity index (χ0v) is 10.7. The minimum atomic E-state index is -0.579. The summed E-state index contributed by atoms with van der Waals surface area (Å²) in [5, 5.41) is 1.86. The van der Waals surface area contributed by atoms with Crippen LogP contribution in [0.3, 0.4) is 0 Å². The Labute approximate surface area is 110 Å². The molecule has 0 aliphatic rings. The first kappa shape index (κ1) is 12.6. The van der Waals surface area contributed by atoms with Gasteiger partial charge in [-0.15, -0.1) is 16.3 Å². The summed E-state index contributed by atoms with van der Waals surface area (Å²) < 4.78 is 6.60. The number of benzene rings is 1. The number of rotatable bonds is 2. The standard InChI is InChI=1S/C12H11BN2O2S/c1-2-17-12(16)14-11-15(7-8-18-11)10-5-3-9(13)4-6-10/h3-8H,2H2,1H3/b14-11-. The minimum absolute atomic E-state index is 0.315. The van der Waals surface area contributed by atoms with Crippen molar-refractivity contribution in [1.82, 2.24) is 4.57 Å². The highest BCUT2D eigenvalue weighted by atomic mass is 32.1. The Hall–Kier alpha value is -1.82. The van der Waals surface area contributed by atoms with Gasteiger partial charge in [0, 0.05) is 17.3 Å². The Morgan fingerprint density at radius 1 is 1.44 bits per heavy atom. The number of hydrogen-bond donors (Lipinski definition) is 0. The van der Waals surface area contributed by atoms with E-state index in [1.54, 1.807) is 23.6 Å². The number of aromatic nitrogens is 1. The third-order valence-corrected chi connectivity index (χ3v) is 2.97. The fraction of sp³-hybridized carbons (Fsp3) is 0.167. The average Bonchev–Trinajstić information content (AvgIpc) is 2.78. The van der Waals surface area contributed by atoms with Crippen molar-refractivity contribution in [2.75, 3.05) is 6.61 Å². The third kappa shape index (κ3) is 2.90. The molecular formula is C12H11BN2O2S. The average molecular weight is 258 g/mol. The maximum Gasteiger partial charge on any atom is 0.436 e. The Balaban J connectivity index is 2.39. The van der Waals surface area contributed by atoms with Crippen molar-refractivity contribution in [2.24, 2.45) is 4.99 Å². The molecule has 0 fully saturated rings. The second kappa shape index (κ2) is 5.68. The summed E-state index contributed by atoms with van der Waals surface area (Å²) in [5.74, 6) is 0. The number of nitrogens with zero attached hydrogens (tertiary/aromatic N) is 2. The molecule has 18 heavy (non-hydrogen) atoms. The van der Waals surface area contributed by atoms with Crippen LogP contribution >= 0.6 is 11.3 Å². The van der Waals surface area contributed by atoms with Gasteiger partial charge in [-0.1, -0.05) is 17.6 Å². The summed E-state index contributed by atoms with van der Waals surface area (Å²) in [7, 11) is 5.63. The lowest BCUT2D eigenvalue weighted by atomic mass is 9.96. The molecule has 0 spiro atoms. The second-order valence-electron chi connectivity index (χ2n) is 3.46. The van der Waals surface area contributed by atoms with Crippen LogP contribution in [0.2, 0.25) is 0 Å². The van der Waals surface area contributed by atoms with E-state index in [9.17, 15) is 4.79 Å². The van der Waals surface area contributed by atoms with Gasteiger partial charge in [0.25, 0.3) is 0 Å². The van der Waals surface area contributed by atoms with Crippen molar-refractivity contribution in [1.29, 1.82) is 0 Å². The van der Waals surface area contributed by atoms with E-state index in [-0.39, 0.29) is 0 Å². The Bertz CT molecular complexity index is 601. The fourth-order valence-corrected chi connectivity index (χ4v) is 2.13. The largest absolute Gasteiger partial charge is 0.448 e. The SMILES string of the molecule is [B]c1ccc(-n2ccs/c2=N\C(=O)OCC)cc1. The van der Waals surface area contributed by atoms with E-state index in [4.69, 9.17) is 12.6 Å². The molecule has 0 N–H and O–H groups in total. The summed E-state index contributed by atoms with van der Waals surface area (Å²) in [6, 6.07) is 7.33. The van der Waals surface area contributed by atoms with Crippen LogP contribution in [0.4, 0.5) is 4.79 Å². The van der Waals surface area contributed by atoms with Crippen molar-refractivity contribution < 1.29 is 9.53 Å². The lowest BCUT2D eigenvalue weighted by Gasteiger charge is -2.03. The molecule has 2 radical (unpaired) electrons. The van der Waals surface area contributed by atoms with Gasteiger partial charge < -0.3 is 4.74 Å². The number of ether oxygens (including phenoxy) is 1. The van der Waals surface area contributed by atoms with E-state index < -0.39 is 6.09 Å². The van der Waals surface area contributed by atoms with Crippen LogP contribution in [0, 0.1) is 0 Å². The minimum Gasteiger partial charge on any atom is -0.448 e. The predicted octanol–water partition coefficient (Wildman–Crippen LogP) is 1.39. The first-order valence-electron chi connectivity index (χ1n) is 5.44. The van der Waals surface area contributed by atoms with Crippen LogP contribution in [0.25, 0.3) is 5.69 Å². The molecule has 0 atom stereocenters. The summed E-state index contributed by atoms with van der Waals surface area (Å²) in [5.41, 5.74) is 1.59. The van der Waals surface area contributed by atoms with Crippen LogP contribution in [-0.2, 0) is 4.74 Å². The number of thiazole rings is 1. The molecule has 6 heteroatoms. The van der Waals surface area contributed by atoms with Crippen molar-refractivity contribution >= 4 is 30.7 Å². The molecule has 0 saturated heterocycles. The van der Waals surface area contributed by atoms with Gasteiger partial charge in [0.05, 0.1) is 6.61 Å². The van der Waals surface area contributed by atoms with Gasteiger partial charge >= 0.3 is 6.09 Å². The highest BCUT2D eigenvalue weighted by molar-refractivity contribution is 7.07. The van der Waals surface area contributed by atoms with Crippen LogP contribution in [0.5, 0.6) is 0 Å². The monoisotopic (exact) mass is 258 g/mol. The van der Waals surface area contributed by atoms with E-state index in [0.717, 1.165) is 5.69 Å². The molecule has 1 aromatic heterocycles. The number of carbonyl (C=O) groups is 1. The van der Waals surface area contributed by atoms with E-state index in [1.807, 2.05) is 23.7 Å². The summed E-state index contributed by atoms with van der Waals surface area (Å²) in [4.78, 5) is 15.8. The molecule has 90 valence electrons. The van der Waals surface area contributed by atoms with Crippen molar-refractivity contribution in [3.63, 3.8) is 0 Å². The summed E-state index contributed by atoms with van der Waals surface area (Å²) >= 11 is 1.37. The van der Waals surface area contributed by atoms with Crippen molar-refractivity contribution in [3.05, 3.63) is 40.6 Å². The zero-order chi connectivity index (χ0) is 13.0. The molecule has 0 saturated carbocycles. The van der Waals surface area contributed by atoms with Crippen molar-refractivity contribution in [2.45, 2.75) is 6.92 Å². The van der Waals surface area contributed by atoms with E-state index in [2.05, 4.69) is 4.99 Å². The molecular weight excluding hydrogens is 247 g/mol. The van der Waals surface area contributed by atoms with Gasteiger partial charge in [0.15, 0.2) is 0 Å². The van der Waals surface area contributed by atoms with Gasteiger partial charge in [0.1, 0.15) is 7.85 Å². The topological polar surface area (TPSA) is 43.6 Å². The Kier molecular flexibility index (Phi) is 3.99. The highest BCUT2D eigenvalue weighted by Crippen LogP contribution is 2.04. The molecule has 0 unspecified atom stereocenters. The smallest absolute Gasteiger partial charge is 0.436 e. The number of hydrogen-bond acceptors (Lipinski definition) is 3. The summed E-state index contributed by atoms with van der Waals surface area (Å²) in [6.45, 7) is 2.06. The number of carbonyl (C=O) groups excluding carboxylic acids is 1. The van der Waals surface area contributed by atoms with E-state index >= 15 is 0 Å². The second-order valence-corrected chi connectivity index (χ2v) is 4.33. The summed E-state index contributed by atoms with van der Waals surface area (Å²) in [6.07, 6.45) is 1.26. The van der Waals surface area contributed by atoms with Crippen molar-refractivity contribution in [3.8, 4) is 5.69 Å². The maximum absolute atomic E-state index is 11.3. The molecule has 0 aliphatic carbocycles. The van der Waals surface area contributed by atoms with Crippen LogP contribution in [-0.4, -0.2) is 25.1 Å². The molecule has 0 bridgehead atoms. The van der Waals surface area contributed by atoms with Gasteiger partial charge in [-0.3, -0.25) is 4.57 Å². The van der Waals surface area contributed by atoms with E-state index in [0.29, 0.717) is 16.9 Å². The first-order valence-corrected chi connectivity index (χ1v) is 6.32. The molecule has 1 aromatic carbocycles. The van der Waals surface area contributed by atoms with E-state index in [1.165, 1.54) is 11.3 Å². The van der Waals surface area contributed by atoms with Crippen LogP contribution < -0.4 is 10.3 Å². The molecule has 0 aliphatic heterocycles. The molecule has 2 aromatic rings. The lowest BCUT2D eigenvalue weighted by molar-refractivity contribution is 0.162. The van der Waals surface area contributed by atoms with Gasteiger partial charge in [-0.25, -0.2) is 4.79 Å². The highest BCUT2D eigenvalue weighted by Gasteiger charge is 2.02. The first-order chi connectivity index (χ1) is 8.70. The van der Waals surface area contributed by atoms with Crippen LogP contribution in [0.15, 0.2) is 40.8 Å². The molecule has 1 heterocycles. The quantitative estimate of drug-likeness (QED) is 0.764. The van der Waals surface area contributed by atoms with Gasteiger partial charge in [-0.2, -0.15) is 0 Å². The predicted molar refractivity (Wildman–Crippen MR) is 71.6 cm³/mol. The van der Waals surface area contributed by atoms with Gasteiger partial charge in [-0.05, 0) is 19.1 Å². The third-order valence-electron chi connectivity index (χ3n) is 2.22. The Morgan fingerprint density at radius 3 is 2.83 bits per heavy atom. The lowest BCUT2D eigenvalue weighted by Crippen LogP contribution is -2.15. The Morgan fingerprint density at radius 2 is 2.17 bits per heavy atom. The number of amides is 1. The van der Waals surface area contributed by atoms with Crippen LogP contribution in [0.1, 0.15) is 6.92 Å².